The first-order chi connectivity index (χ1) is 8.31. The number of piperazine rings is 1. The Morgan fingerprint density at radius 2 is 2.18 bits per heavy atom. The topological polar surface area (TPSA) is 15.3 Å². The lowest BCUT2D eigenvalue weighted by Crippen LogP contribution is -2.45. The molecule has 0 radical (unpaired) electrons. The standard InChI is InChI=1S/C14H19BrN2/c1-2-4-14(17-9-7-16-8-10-17)12-5-3-6-13(15)11-12/h2-3,5-6,11,14,16H,1,4,7-10H2/t14-/m0/s1. The zero-order valence-corrected chi connectivity index (χ0v) is 11.6. The molecule has 17 heavy (non-hydrogen) atoms. The quantitative estimate of drug-likeness (QED) is 0.859. The van der Waals surface area contributed by atoms with Gasteiger partial charge in [-0.25, -0.2) is 0 Å². The van der Waals surface area contributed by atoms with E-state index in [9.17, 15) is 0 Å². The molecule has 0 saturated carbocycles. The molecule has 2 nitrogen and oxygen atoms in total. The normalized spacial score (nSPS) is 18.9. The molecule has 1 aromatic carbocycles. The van der Waals surface area contributed by atoms with Crippen molar-refractivity contribution in [3.63, 3.8) is 0 Å². The van der Waals surface area contributed by atoms with Crippen LogP contribution >= 0.6 is 15.9 Å². The van der Waals surface area contributed by atoms with E-state index in [2.05, 4.69) is 57.0 Å². The zero-order chi connectivity index (χ0) is 12.1. The molecule has 0 unspecified atom stereocenters. The predicted octanol–water partition coefficient (Wildman–Crippen LogP) is 2.97. The molecular weight excluding hydrogens is 276 g/mol. The summed E-state index contributed by atoms with van der Waals surface area (Å²) in [6.07, 6.45) is 3.03. The van der Waals surface area contributed by atoms with Gasteiger partial charge in [-0.15, -0.1) is 6.58 Å². The first-order valence-electron chi connectivity index (χ1n) is 6.12. The molecule has 1 aliphatic rings. The minimum absolute atomic E-state index is 0.465. The number of hydrogen-bond acceptors (Lipinski definition) is 2. The van der Waals surface area contributed by atoms with Crippen molar-refractivity contribution in [1.29, 1.82) is 0 Å². The van der Waals surface area contributed by atoms with E-state index in [0.29, 0.717) is 6.04 Å². The molecule has 1 aliphatic heterocycles. The lowest BCUT2D eigenvalue weighted by atomic mass is 10.0. The van der Waals surface area contributed by atoms with E-state index in [4.69, 9.17) is 0 Å². The minimum Gasteiger partial charge on any atom is -0.314 e. The van der Waals surface area contributed by atoms with Crippen LogP contribution < -0.4 is 5.32 Å². The third-order valence-corrected chi connectivity index (χ3v) is 3.71. The Morgan fingerprint density at radius 1 is 1.41 bits per heavy atom. The van der Waals surface area contributed by atoms with E-state index in [1.54, 1.807) is 0 Å². The first kappa shape index (κ1) is 12.8. The number of nitrogens with one attached hydrogen (secondary N) is 1. The van der Waals surface area contributed by atoms with Crippen LogP contribution in [0, 0.1) is 0 Å². The second-order valence-corrected chi connectivity index (χ2v) is 5.30. The molecule has 1 heterocycles. The van der Waals surface area contributed by atoms with Gasteiger partial charge in [0.15, 0.2) is 0 Å². The maximum absolute atomic E-state index is 3.89. The Morgan fingerprint density at radius 3 is 2.82 bits per heavy atom. The third-order valence-electron chi connectivity index (χ3n) is 3.22. The zero-order valence-electron chi connectivity index (χ0n) is 10.0. The molecule has 2 rings (SSSR count). The second-order valence-electron chi connectivity index (χ2n) is 4.38. The number of nitrogens with zero attached hydrogens (tertiary/aromatic N) is 1. The lowest BCUT2D eigenvalue weighted by molar-refractivity contribution is 0.174. The Hall–Kier alpha value is -0.640. The van der Waals surface area contributed by atoms with Crippen LogP contribution in [-0.4, -0.2) is 31.1 Å². The second kappa shape index (κ2) is 6.34. The smallest absolute Gasteiger partial charge is 0.0383 e. The van der Waals surface area contributed by atoms with E-state index >= 15 is 0 Å². The highest BCUT2D eigenvalue weighted by Gasteiger charge is 2.20. The van der Waals surface area contributed by atoms with E-state index in [1.165, 1.54) is 5.56 Å². The summed E-state index contributed by atoms with van der Waals surface area (Å²) in [6, 6.07) is 9.08. The van der Waals surface area contributed by atoms with Crippen LogP contribution in [0.15, 0.2) is 41.4 Å². The number of hydrogen-bond donors (Lipinski definition) is 1. The van der Waals surface area contributed by atoms with Crippen molar-refractivity contribution in [2.75, 3.05) is 26.2 Å². The van der Waals surface area contributed by atoms with Gasteiger partial charge >= 0.3 is 0 Å². The number of rotatable bonds is 4. The van der Waals surface area contributed by atoms with Crippen molar-refractivity contribution in [2.24, 2.45) is 0 Å². The van der Waals surface area contributed by atoms with Gasteiger partial charge in [0.25, 0.3) is 0 Å². The average molecular weight is 295 g/mol. The lowest BCUT2D eigenvalue weighted by Gasteiger charge is -2.34. The van der Waals surface area contributed by atoms with Gasteiger partial charge in [-0.1, -0.05) is 34.1 Å². The summed E-state index contributed by atoms with van der Waals surface area (Å²) in [5.74, 6) is 0. The summed E-state index contributed by atoms with van der Waals surface area (Å²) in [6.45, 7) is 8.29. The maximum atomic E-state index is 3.89. The van der Waals surface area contributed by atoms with Crippen molar-refractivity contribution >= 4 is 15.9 Å². The van der Waals surface area contributed by atoms with Gasteiger partial charge in [0, 0.05) is 36.7 Å². The summed E-state index contributed by atoms with van der Waals surface area (Å²) >= 11 is 3.55. The molecule has 0 amide bonds. The van der Waals surface area contributed by atoms with Crippen LogP contribution in [0.25, 0.3) is 0 Å². The number of benzene rings is 1. The van der Waals surface area contributed by atoms with Crippen molar-refractivity contribution in [1.82, 2.24) is 10.2 Å². The van der Waals surface area contributed by atoms with Gasteiger partial charge in [-0.3, -0.25) is 4.90 Å². The Kier molecular flexibility index (Phi) is 4.77. The summed E-state index contributed by atoms with van der Waals surface area (Å²) in [7, 11) is 0. The summed E-state index contributed by atoms with van der Waals surface area (Å²) in [4.78, 5) is 2.54. The summed E-state index contributed by atoms with van der Waals surface area (Å²) in [5.41, 5.74) is 1.38. The van der Waals surface area contributed by atoms with Gasteiger partial charge in [0.1, 0.15) is 0 Å². The predicted molar refractivity (Wildman–Crippen MR) is 76.1 cm³/mol. The molecular formula is C14H19BrN2. The molecule has 1 aromatic rings. The van der Waals surface area contributed by atoms with Gasteiger partial charge < -0.3 is 5.32 Å². The summed E-state index contributed by atoms with van der Waals surface area (Å²) < 4.78 is 1.15. The SMILES string of the molecule is C=CC[C@@H](c1cccc(Br)c1)N1CCNCC1. The van der Waals surface area contributed by atoms with Crippen molar-refractivity contribution in [2.45, 2.75) is 12.5 Å². The van der Waals surface area contributed by atoms with Gasteiger partial charge in [0.05, 0.1) is 0 Å². The highest BCUT2D eigenvalue weighted by atomic mass is 79.9. The molecule has 0 aromatic heterocycles. The van der Waals surface area contributed by atoms with E-state index in [0.717, 1.165) is 37.1 Å². The third kappa shape index (κ3) is 3.41. The maximum Gasteiger partial charge on any atom is 0.0383 e. The fraction of sp³-hybridized carbons (Fsp3) is 0.429. The molecule has 1 fully saturated rings. The van der Waals surface area contributed by atoms with Crippen LogP contribution in [0.4, 0.5) is 0 Å². The Bertz CT molecular complexity index is 372. The van der Waals surface area contributed by atoms with Gasteiger partial charge in [0.2, 0.25) is 0 Å². The molecule has 92 valence electrons. The van der Waals surface area contributed by atoms with Crippen LogP contribution in [0.2, 0.25) is 0 Å². The van der Waals surface area contributed by atoms with E-state index < -0.39 is 0 Å². The highest BCUT2D eigenvalue weighted by Crippen LogP contribution is 2.27. The molecule has 3 heteroatoms. The summed E-state index contributed by atoms with van der Waals surface area (Å²) in [5, 5.41) is 3.40. The molecule has 1 saturated heterocycles. The monoisotopic (exact) mass is 294 g/mol. The molecule has 1 N–H and O–H groups in total. The molecule has 0 aliphatic carbocycles. The van der Waals surface area contributed by atoms with Crippen LogP contribution in [0.5, 0.6) is 0 Å². The van der Waals surface area contributed by atoms with Crippen LogP contribution in [-0.2, 0) is 0 Å². The first-order valence-corrected chi connectivity index (χ1v) is 6.91. The van der Waals surface area contributed by atoms with Gasteiger partial charge in [-0.05, 0) is 24.1 Å². The highest BCUT2D eigenvalue weighted by molar-refractivity contribution is 9.10. The molecule has 1 atom stereocenters. The molecule has 0 bridgehead atoms. The van der Waals surface area contributed by atoms with Crippen molar-refractivity contribution in [3.05, 3.63) is 47.0 Å². The van der Waals surface area contributed by atoms with Crippen LogP contribution in [0.3, 0.4) is 0 Å². The Labute approximate surface area is 112 Å². The van der Waals surface area contributed by atoms with Gasteiger partial charge in [-0.2, -0.15) is 0 Å². The largest absolute Gasteiger partial charge is 0.314 e. The fourth-order valence-electron chi connectivity index (χ4n) is 2.36. The van der Waals surface area contributed by atoms with Crippen molar-refractivity contribution in [3.8, 4) is 0 Å². The minimum atomic E-state index is 0.465. The van der Waals surface area contributed by atoms with E-state index in [-0.39, 0.29) is 0 Å². The fourth-order valence-corrected chi connectivity index (χ4v) is 2.78. The van der Waals surface area contributed by atoms with E-state index in [1.807, 2.05) is 6.08 Å². The molecule has 0 spiro atoms. The number of halogens is 1. The van der Waals surface area contributed by atoms with Crippen LogP contribution in [0.1, 0.15) is 18.0 Å². The van der Waals surface area contributed by atoms with Crippen molar-refractivity contribution < 1.29 is 0 Å². The average Bonchev–Trinajstić information content (AvgIpc) is 2.37. The Balaban J connectivity index is 2.18.